The molecule has 35 heavy (non-hydrogen) atoms. The van der Waals surface area contributed by atoms with Crippen molar-refractivity contribution in [3.05, 3.63) is 59.3 Å². The SMILES string of the molecule is Cc1cc2c(C(N)=O)nn(CC(=O)N3C[C@H](F)C[C@H]3C(=O)C[C@@H]3C[C@H]3c3ccccc3F)c2cn1. The zero-order valence-corrected chi connectivity index (χ0v) is 19.2. The first kappa shape index (κ1) is 23.1. The zero-order chi connectivity index (χ0) is 24.9. The summed E-state index contributed by atoms with van der Waals surface area (Å²) in [5, 5.41) is 4.66. The van der Waals surface area contributed by atoms with E-state index in [1.807, 2.05) is 0 Å². The number of nitrogens with two attached hydrogens (primary N) is 1. The lowest BCUT2D eigenvalue weighted by Crippen LogP contribution is -2.42. The van der Waals surface area contributed by atoms with Crippen molar-refractivity contribution >= 4 is 28.5 Å². The first-order valence-corrected chi connectivity index (χ1v) is 11.6. The molecule has 0 unspecified atom stereocenters. The summed E-state index contributed by atoms with van der Waals surface area (Å²) in [6.45, 7) is 1.29. The van der Waals surface area contributed by atoms with Crippen LogP contribution in [0.15, 0.2) is 36.5 Å². The Morgan fingerprint density at radius 2 is 1.97 bits per heavy atom. The van der Waals surface area contributed by atoms with E-state index in [4.69, 9.17) is 5.73 Å². The molecule has 3 heterocycles. The molecule has 0 bridgehead atoms. The van der Waals surface area contributed by atoms with E-state index in [9.17, 15) is 23.2 Å². The summed E-state index contributed by atoms with van der Waals surface area (Å²) < 4.78 is 29.7. The average molecular weight is 482 g/mol. The summed E-state index contributed by atoms with van der Waals surface area (Å²) in [7, 11) is 0. The molecular formula is C25H25F2N5O3. The Bertz CT molecular complexity index is 1340. The Balaban J connectivity index is 1.31. The number of rotatable bonds is 7. The van der Waals surface area contributed by atoms with Crippen molar-refractivity contribution in [1.29, 1.82) is 0 Å². The minimum atomic E-state index is -1.31. The molecule has 1 saturated heterocycles. The van der Waals surface area contributed by atoms with Gasteiger partial charge in [-0.15, -0.1) is 0 Å². The lowest BCUT2D eigenvalue weighted by Gasteiger charge is -2.23. The van der Waals surface area contributed by atoms with Crippen molar-refractivity contribution in [3.8, 4) is 0 Å². The number of likely N-dealkylation sites (tertiary alicyclic amines) is 1. The number of primary amides is 1. The number of carbonyl (C=O) groups excluding carboxylic acids is 3. The van der Waals surface area contributed by atoms with E-state index in [-0.39, 0.29) is 55.1 Å². The van der Waals surface area contributed by atoms with Crippen LogP contribution in [-0.2, 0) is 16.1 Å². The highest BCUT2D eigenvalue weighted by Gasteiger charge is 2.45. The molecule has 8 nitrogen and oxygen atoms in total. The number of alkyl halides is 1. The van der Waals surface area contributed by atoms with Gasteiger partial charge in [0, 0.05) is 23.9 Å². The monoisotopic (exact) mass is 481 g/mol. The smallest absolute Gasteiger partial charge is 0.269 e. The third-order valence-corrected chi connectivity index (χ3v) is 6.92. The standard InChI is InChI=1S/C25H25F2N5O3/c1-13-6-18-21(10-29-13)32(30-24(18)25(28)35)12-23(34)31-11-15(26)9-20(31)22(33)8-14-7-17(14)16-4-2-3-5-19(16)27/h2-6,10,14-15,17,20H,7-9,11-12H2,1H3,(H2,28,35)/t14-,15+,17+,20-/m0/s1. The van der Waals surface area contributed by atoms with Crippen LogP contribution in [0.25, 0.3) is 10.9 Å². The number of hydrogen-bond acceptors (Lipinski definition) is 5. The van der Waals surface area contributed by atoms with Gasteiger partial charge in [0.1, 0.15) is 18.5 Å². The third-order valence-electron chi connectivity index (χ3n) is 6.92. The maximum Gasteiger partial charge on any atom is 0.269 e. The molecule has 3 aromatic rings. The quantitative estimate of drug-likeness (QED) is 0.558. The Labute approximate surface area is 200 Å². The highest BCUT2D eigenvalue weighted by atomic mass is 19.1. The molecule has 10 heteroatoms. The number of Topliss-reactive ketones (excluding diaryl/α,β-unsaturated/α-hetero) is 1. The number of carbonyl (C=O) groups is 3. The molecule has 182 valence electrons. The van der Waals surface area contributed by atoms with Crippen molar-refractivity contribution < 1.29 is 23.2 Å². The van der Waals surface area contributed by atoms with E-state index in [1.165, 1.54) is 21.8 Å². The van der Waals surface area contributed by atoms with Gasteiger partial charge in [0.25, 0.3) is 5.91 Å². The van der Waals surface area contributed by atoms with Gasteiger partial charge in [-0.25, -0.2) is 8.78 Å². The second-order valence-electron chi connectivity index (χ2n) is 9.40. The van der Waals surface area contributed by atoms with E-state index in [0.29, 0.717) is 28.6 Å². The average Bonchev–Trinajstić information content (AvgIpc) is 3.29. The summed E-state index contributed by atoms with van der Waals surface area (Å²) in [6.07, 6.45) is 0.981. The molecule has 1 aromatic carbocycles. The fourth-order valence-electron chi connectivity index (χ4n) is 5.09. The lowest BCUT2D eigenvalue weighted by atomic mass is 10.0. The maximum atomic E-state index is 14.3. The molecule has 5 rings (SSSR count). The first-order chi connectivity index (χ1) is 16.7. The number of nitrogens with zero attached hydrogens (tertiary/aromatic N) is 4. The predicted molar refractivity (Wildman–Crippen MR) is 123 cm³/mol. The minimum Gasteiger partial charge on any atom is -0.364 e. The summed E-state index contributed by atoms with van der Waals surface area (Å²) >= 11 is 0. The number of halogens is 2. The van der Waals surface area contributed by atoms with Crippen molar-refractivity contribution in [3.63, 3.8) is 0 Å². The van der Waals surface area contributed by atoms with E-state index >= 15 is 0 Å². The molecule has 1 saturated carbocycles. The number of pyridine rings is 1. The number of aryl methyl sites for hydroxylation is 1. The molecular weight excluding hydrogens is 456 g/mol. The second-order valence-corrected chi connectivity index (χ2v) is 9.40. The molecule has 1 aliphatic carbocycles. The minimum absolute atomic E-state index is 0.0162. The van der Waals surface area contributed by atoms with Crippen LogP contribution in [0, 0.1) is 18.7 Å². The van der Waals surface area contributed by atoms with Crippen molar-refractivity contribution in [2.45, 2.75) is 50.9 Å². The fraction of sp³-hybridized carbons (Fsp3) is 0.400. The van der Waals surface area contributed by atoms with Crippen LogP contribution in [0.1, 0.15) is 46.9 Å². The van der Waals surface area contributed by atoms with Crippen molar-refractivity contribution in [1.82, 2.24) is 19.7 Å². The largest absolute Gasteiger partial charge is 0.364 e. The first-order valence-electron chi connectivity index (χ1n) is 11.6. The van der Waals surface area contributed by atoms with Gasteiger partial charge in [-0.3, -0.25) is 24.0 Å². The molecule has 2 amide bonds. The van der Waals surface area contributed by atoms with Gasteiger partial charge in [0.15, 0.2) is 11.5 Å². The number of aromatic nitrogens is 3. The van der Waals surface area contributed by atoms with E-state index in [1.54, 1.807) is 31.2 Å². The Morgan fingerprint density at radius 3 is 2.71 bits per heavy atom. The summed E-state index contributed by atoms with van der Waals surface area (Å²) in [5.74, 6) is -1.78. The van der Waals surface area contributed by atoms with Gasteiger partial charge < -0.3 is 10.6 Å². The molecule has 4 atom stereocenters. The Morgan fingerprint density at radius 1 is 1.20 bits per heavy atom. The van der Waals surface area contributed by atoms with E-state index in [0.717, 1.165) is 0 Å². The summed E-state index contributed by atoms with van der Waals surface area (Å²) in [6, 6.07) is 7.29. The zero-order valence-electron chi connectivity index (χ0n) is 19.2. The van der Waals surface area contributed by atoms with Crippen LogP contribution in [0.5, 0.6) is 0 Å². The van der Waals surface area contributed by atoms with Gasteiger partial charge in [0.05, 0.1) is 24.3 Å². The predicted octanol–water partition coefficient (Wildman–Crippen LogP) is 2.68. The highest BCUT2D eigenvalue weighted by Crippen LogP contribution is 2.50. The van der Waals surface area contributed by atoms with Gasteiger partial charge >= 0.3 is 0 Å². The van der Waals surface area contributed by atoms with Gasteiger partial charge in [-0.05, 0) is 42.9 Å². The summed E-state index contributed by atoms with van der Waals surface area (Å²) in [4.78, 5) is 43.5. The van der Waals surface area contributed by atoms with Crippen LogP contribution >= 0.6 is 0 Å². The summed E-state index contributed by atoms with van der Waals surface area (Å²) in [5.41, 5.74) is 7.15. The number of benzene rings is 1. The Hall–Kier alpha value is -3.69. The van der Waals surface area contributed by atoms with Crippen molar-refractivity contribution in [2.24, 2.45) is 11.7 Å². The molecule has 2 aromatic heterocycles. The normalized spacial score (nSPS) is 23.6. The van der Waals surface area contributed by atoms with Crippen LogP contribution in [-0.4, -0.2) is 56.0 Å². The topological polar surface area (TPSA) is 111 Å². The molecule has 1 aliphatic heterocycles. The second kappa shape index (κ2) is 8.83. The number of fused-ring (bicyclic) bond motifs is 1. The maximum absolute atomic E-state index is 14.3. The van der Waals surface area contributed by atoms with Gasteiger partial charge in [-0.2, -0.15) is 5.10 Å². The van der Waals surface area contributed by atoms with E-state index in [2.05, 4.69) is 10.1 Å². The van der Waals surface area contributed by atoms with E-state index < -0.39 is 24.0 Å². The molecule has 2 fully saturated rings. The lowest BCUT2D eigenvalue weighted by molar-refractivity contribution is -0.138. The van der Waals surface area contributed by atoms with Crippen LogP contribution in [0.3, 0.4) is 0 Å². The molecule has 0 radical (unpaired) electrons. The van der Waals surface area contributed by atoms with Crippen LogP contribution in [0.2, 0.25) is 0 Å². The number of hydrogen-bond donors (Lipinski definition) is 1. The Kier molecular flexibility index (Phi) is 5.82. The van der Waals surface area contributed by atoms with Crippen LogP contribution < -0.4 is 5.73 Å². The number of ketones is 1. The third kappa shape index (κ3) is 4.40. The van der Waals surface area contributed by atoms with Gasteiger partial charge in [0.2, 0.25) is 5.91 Å². The fourth-order valence-corrected chi connectivity index (χ4v) is 5.09. The number of amides is 2. The van der Waals surface area contributed by atoms with Crippen molar-refractivity contribution in [2.75, 3.05) is 6.54 Å². The van der Waals surface area contributed by atoms with Gasteiger partial charge in [-0.1, -0.05) is 18.2 Å². The molecule has 2 N–H and O–H groups in total. The highest BCUT2D eigenvalue weighted by molar-refractivity contribution is 6.04. The molecule has 0 spiro atoms. The molecule has 2 aliphatic rings. The van der Waals surface area contributed by atoms with Crippen LogP contribution in [0.4, 0.5) is 8.78 Å².